The number of benzene rings is 1. The number of halogens is 2. The zero-order valence-electron chi connectivity index (χ0n) is 8.04. The highest BCUT2D eigenvalue weighted by Gasteiger charge is 2.17. The predicted octanol–water partition coefficient (Wildman–Crippen LogP) is 2.27. The van der Waals surface area contributed by atoms with Crippen LogP contribution in [0.5, 0.6) is 0 Å². The van der Waals surface area contributed by atoms with Crippen molar-refractivity contribution in [2.24, 2.45) is 5.73 Å². The fraction of sp³-hybridized carbons (Fsp3) is 0.273. The monoisotopic (exact) mass is 211 g/mol. The van der Waals surface area contributed by atoms with Gasteiger partial charge < -0.3 is 10.5 Å². The van der Waals surface area contributed by atoms with Crippen LogP contribution in [0.25, 0.3) is 0 Å². The van der Waals surface area contributed by atoms with E-state index in [2.05, 4.69) is 0 Å². The van der Waals surface area contributed by atoms with Crippen LogP contribution in [0.4, 0.5) is 8.78 Å². The van der Waals surface area contributed by atoms with Crippen molar-refractivity contribution >= 4 is 0 Å². The van der Waals surface area contributed by atoms with Crippen molar-refractivity contribution in [2.45, 2.75) is 12.5 Å². The Morgan fingerprint density at radius 2 is 2.07 bits per heavy atom. The van der Waals surface area contributed by atoms with Crippen LogP contribution in [0.3, 0.4) is 0 Å². The molecule has 2 rings (SSSR count). The third-order valence-electron chi connectivity index (χ3n) is 2.34. The van der Waals surface area contributed by atoms with E-state index in [0.717, 1.165) is 18.6 Å². The second-order valence-electron chi connectivity index (χ2n) is 3.39. The van der Waals surface area contributed by atoms with Crippen LogP contribution in [0.15, 0.2) is 30.0 Å². The van der Waals surface area contributed by atoms with Crippen LogP contribution in [-0.4, -0.2) is 6.61 Å². The van der Waals surface area contributed by atoms with E-state index in [9.17, 15) is 8.78 Å². The maximum absolute atomic E-state index is 12.9. The number of rotatable bonds is 2. The number of hydrogen-bond donors (Lipinski definition) is 1. The highest BCUT2D eigenvalue weighted by Crippen LogP contribution is 2.25. The molecule has 4 heteroatoms. The molecule has 1 heterocycles. The average molecular weight is 211 g/mol. The highest BCUT2D eigenvalue weighted by atomic mass is 19.2. The molecule has 0 bridgehead atoms. The van der Waals surface area contributed by atoms with E-state index < -0.39 is 17.7 Å². The molecule has 1 atom stereocenters. The van der Waals surface area contributed by atoms with E-state index in [1.54, 1.807) is 0 Å². The van der Waals surface area contributed by atoms with Gasteiger partial charge in [-0.2, -0.15) is 0 Å². The van der Waals surface area contributed by atoms with Gasteiger partial charge >= 0.3 is 0 Å². The maximum Gasteiger partial charge on any atom is 0.159 e. The third kappa shape index (κ3) is 1.99. The third-order valence-corrected chi connectivity index (χ3v) is 2.34. The molecule has 1 unspecified atom stereocenters. The summed E-state index contributed by atoms with van der Waals surface area (Å²) in [5, 5.41) is 0. The zero-order chi connectivity index (χ0) is 10.8. The van der Waals surface area contributed by atoms with Gasteiger partial charge in [0.05, 0.1) is 12.6 Å². The number of nitrogens with two attached hydrogens (primary N) is 1. The molecule has 1 aromatic rings. The molecule has 15 heavy (non-hydrogen) atoms. The van der Waals surface area contributed by atoms with E-state index in [0.29, 0.717) is 17.9 Å². The molecule has 0 aromatic heterocycles. The molecule has 2 nitrogen and oxygen atoms in total. The van der Waals surface area contributed by atoms with Gasteiger partial charge in [-0.15, -0.1) is 0 Å². The first kappa shape index (κ1) is 10.1. The summed E-state index contributed by atoms with van der Waals surface area (Å²) >= 11 is 0. The maximum atomic E-state index is 12.9. The van der Waals surface area contributed by atoms with Crippen LogP contribution in [0.1, 0.15) is 18.0 Å². The molecule has 2 N–H and O–H groups in total. The summed E-state index contributed by atoms with van der Waals surface area (Å²) in [5.41, 5.74) is 6.35. The molecule has 0 saturated heterocycles. The van der Waals surface area contributed by atoms with Crippen molar-refractivity contribution in [3.63, 3.8) is 0 Å². The molecular weight excluding hydrogens is 200 g/mol. The SMILES string of the molecule is NC(C1=CCCO1)c1ccc(F)c(F)c1. The van der Waals surface area contributed by atoms with Crippen LogP contribution < -0.4 is 5.73 Å². The second-order valence-corrected chi connectivity index (χ2v) is 3.39. The quantitative estimate of drug-likeness (QED) is 0.814. The van der Waals surface area contributed by atoms with E-state index in [1.165, 1.54) is 6.07 Å². The molecule has 80 valence electrons. The Morgan fingerprint density at radius 3 is 2.67 bits per heavy atom. The molecule has 0 saturated carbocycles. The van der Waals surface area contributed by atoms with Crippen LogP contribution >= 0.6 is 0 Å². The van der Waals surface area contributed by atoms with Gasteiger partial charge in [0.15, 0.2) is 11.6 Å². The fourth-order valence-corrected chi connectivity index (χ4v) is 1.52. The lowest BCUT2D eigenvalue weighted by atomic mass is 10.1. The molecule has 1 aromatic carbocycles. The highest BCUT2D eigenvalue weighted by molar-refractivity contribution is 5.27. The van der Waals surface area contributed by atoms with Crippen molar-refractivity contribution in [3.05, 3.63) is 47.2 Å². The minimum absolute atomic E-state index is 0.511. The number of hydrogen-bond acceptors (Lipinski definition) is 2. The Kier molecular flexibility index (Phi) is 2.68. The lowest BCUT2D eigenvalue weighted by molar-refractivity contribution is 0.225. The van der Waals surface area contributed by atoms with Gasteiger partial charge in [0, 0.05) is 6.42 Å². The Hall–Kier alpha value is -1.42. The summed E-state index contributed by atoms with van der Waals surface area (Å²) in [5.74, 6) is -1.13. The van der Waals surface area contributed by atoms with Gasteiger partial charge in [0.2, 0.25) is 0 Å². The second kappa shape index (κ2) is 3.98. The normalized spacial score (nSPS) is 17.1. The molecule has 1 aliphatic rings. The molecule has 0 spiro atoms. The molecular formula is C11H11F2NO. The van der Waals surface area contributed by atoms with Gasteiger partial charge in [-0.05, 0) is 23.8 Å². The van der Waals surface area contributed by atoms with E-state index in [4.69, 9.17) is 10.5 Å². The van der Waals surface area contributed by atoms with Gasteiger partial charge in [-0.25, -0.2) is 8.78 Å². The summed E-state index contributed by atoms with van der Waals surface area (Å²) in [6.45, 7) is 0.604. The van der Waals surface area contributed by atoms with Crippen molar-refractivity contribution in [1.82, 2.24) is 0 Å². The van der Waals surface area contributed by atoms with Crippen molar-refractivity contribution in [1.29, 1.82) is 0 Å². The molecule has 0 fully saturated rings. The average Bonchev–Trinajstić information content (AvgIpc) is 2.74. The number of ether oxygens (including phenoxy) is 1. The molecule has 1 aliphatic heterocycles. The minimum atomic E-state index is -0.887. The van der Waals surface area contributed by atoms with Gasteiger partial charge in [0.25, 0.3) is 0 Å². The lowest BCUT2D eigenvalue weighted by Crippen LogP contribution is -2.14. The summed E-state index contributed by atoms with van der Waals surface area (Å²) in [4.78, 5) is 0. The fourth-order valence-electron chi connectivity index (χ4n) is 1.52. The lowest BCUT2D eigenvalue weighted by Gasteiger charge is -2.13. The Balaban J connectivity index is 2.25. The van der Waals surface area contributed by atoms with Crippen molar-refractivity contribution < 1.29 is 13.5 Å². The van der Waals surface area contributed by atoms with Crippen LogP contribution in [0, 0.1) is 11.6 Å². The van der Waals surface area contributed by atoms with Crippen LogP contribution in [0.2, 0.25) is 0 Å². The largest absolute Gasteiger partial charge is 0.496 e. The Morgan fingerprint density at radius 1 is 1.27 bits per heavy atom. The summed E-state index contributed by atoms with van der Waals surface area (Å²) in [6, 6.07) is 3.12. The summed E-state index contributed by atoms with van der Waals surface area (Å²) in [6.07, 6.45) is 2.68. The standard InChI is InChI=1S/C11H11F2NO/c12-8-4-3-7(6-9(8)13)11(14)10-2-1-5-15-10/h2-4,6,11H,1,5,14H2. The topological polar surface area (TPSA) is 35.2 Å². The molecule has 0 aliphatic carbocycles. The smallest absolute Gasteiger partial charge is 0.159 e. The van der Waals surface area contributed by atoms with Crippen molar-refractivity contribution in [2.75, 3.05) is 6.61 Å². The predicted molar refractivity (Wildman–Crippen MR) is 51.9 cm³/mol. The van der Waals surface area contributed by atoms with Gasteiger partial charge in [-0.1, -0.05) is 6.07 Å². The zero-order valence-corrected chi connectivity index (χ0v) is 8.04. The molecule has 0 amide bonds. The van der Waals surface area contributed by atoms with E-state index in [1.807, 2.05) is 6.08 Å². The van der Waals surface area contributed by atoms with E-state index >= 15 is 0 Å². The van der Waals surface area contributed by atoms with Crippen molar-refractivity contribution in [3.8, 4) is 0 Å². The first-order chi connectivity index (χ1) is 7.18. The molecule has 0 radical (unpaired) electrons. The van der Waals surface area contributed by atoms with E-state index in [-0.39, 0.29) is 0 Å². The Labute approximate surface area is 86.3 Å². The van der Waals surface area contributed by atoms with Gasteiger partial charge in [0.1, 0.15) is 5.76 Å². The first-order valence-corrected chi connectivity index (χ1v) is 4.72. The minimum Gasteiger partial charge on any atom is -0.496 e. The summed E-state index contributed by atoms with van der Waals surface area (Å²) in [7, 11) is 0. The summed E-state index contributed by atoms with van der Waals surface area (Å²) < 4.78 is 30.9. The van der Waals surface area contributed by atoms with Gasteiger partial charge in [-0.3, -0.25) is 0 Å². The van der Waals surface area contributed by atoms with Crippen LogP contribution in [-0.2, 0) is 4.74 Å². The Bertz CT molecular complexity index is 404. The first-order valence-electron chi connectivity index (χ1n) is 4.72.